The molecule has 18 heavy (non-hydrogen) atoms. The van der Waals surface area contributed by atoms with Gasteiger partial charge in [-0.15, -0.1) is 0 Å². The van der Waals surface area contributed by atoms with Crippen LogP contribution in [0, 0.1) is 6.92 Å². The van der Waals surface area contributed by atoms with Crippen molar-refractivity contribution >= 4 is 23.0 Å². The lowest BCUT2D eigenvalue weighted by atomic mass is 10.2. The van der Waals surface area contributed by atoms with Crippen molar-refractivity contribution in [2.24, 2.45) is 12.8 Å². The third kappa shape index (κ3) is 2.48. The first-order valence-electron chi connectivity index (χ1n) is 5.42. The van der Waals surface area contributed by atoms with Crippen molar-refractivity contribution in [3.05, 3.63) is 23.5 Å². The first-order chi connectivity index (χ1) is 8.59. The van der Waals surface area contributed by atoms with E-state index in [-0.39, 0.29) is 0 Å². The molecule has 0 aliphatic carbocycles. The van der Waals surface area contributed by atoms with E-state index in [1.807, 2.05) is 14.0 Å². The molecule has 0 fully saturated rings. The van der Waals surface area contributed by atoms with Crippen molar-refractivity contribution in [3.63, 3.8) is 0 Å². The highest BCUT2D eigenvalue weighted by molar-refractivity contribution is 7.80. The summed E-state index contributed by atoms with van der Waals surface area (Å²) in [6.07, 6.45) is 1.96. The summed E-state index contributed by atoms with van der Waals surface area (Å²) in [6.45, 7) is 2.52. The van der Waals surface area contributed by atoms with Gasteiger partial charge in [-0.05, 0) is 6.92 Å². The second-order valence-corrected chi connectivity index (χ2v) is 4.26. The molecule has 7 nitrogen and oxygen atoms in total. The maximum atomic E-state index is 5.69. The Labute approximate surface area is 109 Å². The Morgan fingerprint density at radius 2 is 2.39 bits per heavy atom. The molecule has 2 aromatic heterocycles. The predicted molar refractivity (Wildman–Crippen MR) is 70.3 cm³/mol. The molecule has 2 aromatic rings. The summed E-state index contributed by atoms with van der Waals surface area (Å²) in [5.41, 5.74) is 7.28. The molecule has 0 saturated carbocycles. The van der Waals surface area contributed by atoms with E-state index in [9.17, 15) is 0 Å². The lowest BCUT2D eigenvalue weighted by molar-refractivity contribution is 0.410. The van der Waals surface area contributed by atoms with E-state index in [0.29, 0.717) is 23.8 Å². The average Bonchev–Trinajstić information content (AvgIpc) is 2.87. The van der Waals surface area contributed by atoms with Crippen LogP contribution in [0.15, 0.2) is 10.9 Å². The molecule has 0 bridgehead atoms. The highest BCUT2D eigenvalue weighted by Gasteiger charge is 2.15. The Kier molecular flexibility index (Phi) is 3.56. The topological polar surface area (TPSA) is 94.8 Å². The number of aryl methyl sites for hydroxylation is 2. The second-order valence-electron chi connectivity index (χ2n) is 3.82. The van der Waals surface area contributed by atoms with E-state index in [0.717, 1.165) is 17.1 Å². The summed E-state index contributed by atoms with van der Waals surface area (Å²) < 4.78 is 6.38. The third-order valence-electron chi connectivity index (χ3n) is 2.52. The van der Waals surface area contributed by atoms with Gasteiger partial charge in [0.15, 0.2) is 5.82 Å². The summed E-state index contributed by atoms with van der Waals surface area (Å²) in [6, 6.07) is 0. The van der Waals surface area contributed by atoms with Crippen LogP contribution in [0.1, 0.15) is 17.1 Å². The predicted octanol–water partition coefficient (Wildman–Crippen LogP) is 0.400. The van der Waals surface area contributed by atoms with Crippen LogP contribution in [0.5, 0.6) is 0 Å². The molecule has 0 unspecified atom stereocenters. The maximum Gasteiger partial charge on any atom is 0.213 e. The Balaban J connectivity index is 2.07. The molecule has 0 aliphatic heterocycles. The van der Waals surface area contributed by atoms with Crippen LogP contribution in [0.25, 0.3) is 0 Å². The fourth-order valence-electron chi connectivity index (χ4n) is 1.75. The van der Waals surface area contributed by atoms with Crippen LogP contribution >= 0.6 is 12.2 Å². The van der Waals surface area contributed by atoms with Crippen LogP contribution in [0.3, 0.4) is 0 Å². The summed E-state index contributed by atoms with van der Waals surface area (Å²) in [5, 5.41) is 11.3. The lowest BCUT2D eigenvalue weighted by Crippen LogP contribution is -2.16. The summed E-state index contributed by atoms with van der Waals surface area (Å²) >= 11 is 5.03. The highest BCUT2D eigenvalue weighted by atomic mass is 32.1. The van der Waals surface area contributed by atoms with Crippen LogP contribution < -0.4 is 11.1 Å². The molecule has 0 atom stereocenters. The Hall–Kier alpha value is -1.96. The quantitative estimate of drug-likeness (QED) is 0.756. The Bertz CT molecular complexity index is 547. The number of nitrogens with zero attached hydrogens (tertiary/aromatic N) is 4. The zero-order valence-corrected chi connectivity index (χ0v) is 11.0. The molecule has 0 amide bonds. The molecular formula is C10H14N6OS. The molecule has 2 heterocycles. The number of thiocarbonyl (C=S) groups is 1. The van der Waals surface area contributed by atoms with Crippen molar-refractivity contribution in [2.75, 3.05) is 11.9 Å². The van der Waals surface area contributed by atoms with Gasteiger partial charge in [0.2, 0.25) is 6.39 Å². The monoisotopic (exact) mass is 266 g/mol. The molecule has 0 aliphatic rings. The molecule has 0 radical (unpaired) electrons. The van der Waals surface area contributed by atoms with Crippen molar-refractivity contribution < 1.29 is 4.52 Å². The number of hydrogen-bond acceptors (Lipinski definition) is 6. The molecular weight excluding hydrogens is 252 g/mol. The van der Waals surface area contributed by atoms with Gasteiger partial charge in [-0.2, -0.15) is 10.1 Å². The fourth-order valence-corrected chi connectivity index (χ4v) is 2.00. The number of hydrogen-bond donors (Lipinski definition) is 2. The molecule has 0 spiro atoms. The zero-order chi connectivity index (χ0) is 13.1. The largest absolute Gasteiger partial charge is 0.389 e. The minimum absolute atomic E-state index is 0.336. The normalized spacial score (nSPS) is 10.6. The minimum Gasteiger partial charge on any atom is -0.389 e. The molecule has 2 rings (SSSR count). The standard InChI is InChI=1S/C10H14N6OS/c1-6-8(9(11)18)10(16(2)14-6)12-4-3-7-13-5-17-15-7/h5,12H,3-4H2,1-2H3,(H2,11,18). The summed E-state index contributed by atoms with van der Waals surface area (Å²) in [4.78, 5) is 4.28. The first kappa shape index (κ1) is 12.5. The van der Waals surface area contributed by atoms with Crippen molar-refractivity contribution in [1.29, 1.82) is 0 Å². The van der Waals surface area contributed by atoms with Crippen LogP contribution in [-0.2, 0) is 13.5 Å². The molecule has 0 saturated heterocycles. The van der Waals surface area contributed by atoms with Gasteiger partial charge in [-0.1, -0.05) is 17.4 Å². The van der Waals surface area contributed by atoms with E-state index < -0.39 is 0 Å². The zero-order valence-electron chi connectivity index (χ0n) is 10.2. The van der Waals surface area contributed by atoms with Gasteiger partial charge < -0.3 is 15.6 Å². The minimum atomic E-state index is 0.336. The van der Waals surface area contributed by atoms with Crippen molar-refractivity contribution in [3.8, 4) is 0 Å². The van der Waals surface area contributed by atoms with Gasteiger partial charge in [-0.25, -0.2) is 0 Å². The molecule has 0 aromatic carbocycles. The Morgan fingerprint density at radius 3 is 3.00 bits per heavy atom. The highest BCUT2D eigenvalue weighted by Crippen LogP contribution is 2.18. The fraction of sp³-hybridized carbons (Fsp3) is 0.400. The van der Waals surface area contributed by atoms with Gasteiger partial charge in [0.05, 0.1) is 11.3 Å². The van der Waals surface area contributed by atoms with E-state index in [4.69, 9.17) is 18.0 Å². The Morgan fingerprint density at radius 1 is 1.61 bits per heavy atom. The number of nitrogens with one attached hydrogen (secondary N) is 1. The second kappa shape index (κ2) is 5.13. The van der Waals surface area contributed by atoms with Crippen LogP contribution in [0.4, 0.5) is 5.82 Å². The third-order valence-corrected chi connectivity index (χ3v) is 2.72. The van der Waals surface area contributed by atoms with Gasteiger partial charge in [0, 0.05) is 20.0 Å². The first-order valence-corrected chi connectivity index (χ1v) is 5.83. The lowest BCUT2D eigenvalue weighted by Gasteiger charge is -2.07. The summed E-state index contributed by atoms with van der Waals surface area (Å²) in [7, 11) is 1.84. The van der Waals surface area contributed by atoms with E-state index in [2.05, 4.69) is 25.1 Å². The molecule has 3 N–H and O–H groups in total. The van der Waals surface area contributed by atoms with E-state index in [1.54, 1.807) is 4.68 Å². The van der Waals surface area contributed by atoms with E-state index >= 15 is 0 Å². The van der Waals surface area contributed by atoms with Gasteiger partial charge in [0.1, 0.15) is 10.8 Å². The number of rotatable bonds is 5. The van der Waals surface area contributed by atoms with Crippen LogP contribution in [0.2, 0.25) is 0 Å². The smallest absolute Gasteiger partial charge is 0.213 e. The van der Waals surface area contributed by atoms with Crippen molar-refractivity contribution in [1.82, 2.24) is 19.9 Å². The van der Waals surface area contributed by atoms with Gasteiger partial charge in [-0.3, -0.25) is 4.68 Å². The SMILES string of the molecule is Cc1nn(C)c(NCCc2ncon2)c1C(N)=S. The molecule has 96 valence electrons. The van der Waals surface area contributed by atoms with E-state index in [1.165, 1.54) is 6.39 Å². The number of anilines is 1. The summed E-state index contributed by atoms with van der Waals surface area (Å²) in [5.74, 6) is 1.46. The molecule has 8 heteroatoms. The van der Waals surface area contributed by atoms with Gasteiger partial charge >= 0.3 is 0 Å². The van der Waals surface area contributed by atoms with Crippen molar-refractivity contribution in [2.45, 2.75) is 13.3 Å². The maximum absolute atomic E-state index is 5.69. The average molecular weight is 266 g/mol. The number of aromatic nitrogens is 4. The van der Waals surface area contributed by atoms with Crippen LogP contribution in [-0.4, -0.2) is 31.5 Å². The van der Waals surface area contributed by atoms with Gasteiger partial charge in [0.25, 0.3) is 0 Å². The number of nitrogens with two attached hydrogens (primary N) is 1.